The number of aromatic nitrogens is 4. The molecule has 3 N–H and O–H groups in total. The minimum Gasteiger partial charge on any atom is -0.369 e. The zero-order chi connectivity index (χ0) is 22.3. The number of hydrogen-bond donors (Lipinski definition) is 2. The largest absolute Gasteiger partial charge is 0.369 e. The van der Waals surface area contributed by atoms with E-state index in [4.69, 9.17) is 5.73 Å². The molecule has 9 heteroatoms. The molecule has 4 rings (SSSR count). The molecule has 0 bridgehead atoms. The summed E-state index contributed by atoms with van der Waals surface area (Å²) in [6.45, 7) is 0. The van der Waals surface area contributed by atoms with E-state index in [1.165, 1.54) is 11.8 Å². The highest BCUT2D eigenvalue weighted by Gasteiger charge is 2.17. The van der Waals surface area contributed by atoms with Gasteiger partial charge in [0, 0.05) is 29.3 Å². The second kappa shape index (κ2) is 9.88. The molecule has 0 spiro atoms. The molecule has 0 saturated heterocycles. The molecule has 8 nitrogen and oxygen atoms in total. The van der Waals surface area contributed by atoms with E-state index in [0.717, 1.165) is 16.8 Å². The lowest BCUT2D eigenvalue weighted by Crippen LogP contribution is -2.15. The predicted octanol–water partition coefficient (Wildman–Crippen LogP) is 3.09. The Labute approximate surface area is 188 Å². The van der Waals surface area contributed by atoms with Gasteiger partial charge in [0.25, 0.3) is 0 Å². The summed E-state index contributed by atoms with van der Waals surface area (Å²) in [6.07, 6.45) is 3.60. The monoisotopic (exact) mass is 444 g/mol. The fourth-order valence-electron chi connectivity index (χ4n) is 3.09. The maximum atomic E-state index is 12.5. The number of benzene rings is 2. The van der Waals surface area contributed by atoms with E-state index in [2.05, 4.69) is 20.5 Å². The second-order valence-corrected chi connectivity index (χ2v) is 7.84. The number of nitrogens with two attached hydrogens (primary N) is 1. The Hall–Kier alpha value is -3.98. The van der Waals surface area contributed by atoms with Gasteiger partial charge < -0.3 is 11.1 Å². The summed E-state index contributed by atoms with van der Waals surface area (Å²) in [5, 5.41) is 12.1. The van der Waals surface area contributed by atoms with Gasteiger partial charge in [-0.3, -0.25) is 19.1 Å². The maximum absolute atomic E-state index is 12.5. The molecule has 2 aromatic carbocycles. The van der Waals surface area contributed by atoms with Crippen molar-refractivity contribution >= 4 is 29.3 Å². The summed E-state index contributed by atoms with van der Waals surface area (Å²) in [7, 11) is 0. The van der Waals surface area contributed by atoms with Crippen LogP contribution in [0.1, 0.15) is 5.56 Å². The fourth-order valence-corrected chi connectivity index (χ4v) is 3.84. The van der Waals surface area contributed by atoms with Gasteiger partial charge in [-0.2, -0.15) is 0 Å². The highest BCUT2D eigenvalue weighted by molar-refractivity contribution is 7.99. The molecule has 2 amide bonds. The number of anilines is 1. The van der Waals surface area contributed by atoms with E-state index in [1.54, 1.807) is 36.7 Å². The summed E-state index contributed by atoms with van der Waals surface area (Å²) in [5.41, 5.74) is 8.36. The third-order valence-corrected chi connectivity index (χ3v) is 5.44. The predicted molar refractivity (Wildman–Crippen MR) is 123 cm³/mol. The van der Waals surface area contributed by atoms with Crippen LogP contribution in [0.15, 0.2) is 84.3 Å². The van der Waals surface area contributed by atoms with Crippen LogP contribution in [0.3, 0.4) is 0 Å². The van der Waals surface area contributed by atoms with Gasteiger partial charge in [-0.1, -0.05) is 42.1 Å². The third-order valence-electron chi connectivity index (χ3n) is 4.52. The normalized spacial score (nSPS) is 10.6. The SMILES string of the molecule is NC(=O)Cc1ccc(NC(=O)CSc2nnc(-c3cccnc3)n2-c2ccccc2)cc1. The Bertz CT molecular complexity index is 1210. The van der Waals surface area contributed by atoms with Crippen LogP contribution in [0.2, 0.25) is 0 Å². The molecule has 0 aliphatic rings. The number of carbonyl (C=O) groups is 2. The Morgan fingerprint density at radius 2 is 1.75 bits per heavy atom. The van der Waals surface area contributed by atoms with Crippen molar-refractivity contribution in [3.8, 4) is 17.1 Å². The number of nitrogens with zero attached hydrogens (tertiary/aromatic N) is 4. The standard InChI is InChI=1S/C23H20N6O2S/c24-20(30)13-16-8-10-18(11-9-16)26-21(31)15-32-23-28-27-22(17-5-4-12-25-14-17)29(23)19-6-2-1-3-7-19/h1-12,14H,13,15H2,(H2,24,30)(H,26,31). The number of hydrogen-bond acceptors (Lipinski definition) is 6. The van der Waals surface area contributed by atoms with E-state index >= 15 is 0 Å². The van der Waals surface area contributed by atoms with Crippen LogP contribution in [-0.4, -0.2) is 37.3 Å². The zero-order valence-corrected chi connectivity index (χ0v) is 17.8. The second-order valence-electron chi connectivity index (χ2n) is 6.90. The fraction of sp³-hybridized carbons (Fsp3) is 0.0870. The summed E-state index contributed by atoms with van der Waals surface area (Å²) in [6, 6.07) is 20.5. The van der Waals surface area contributed by atoms with Crippen molar-refractivity contribution in [2.75, 3.05) is 11.1 Å². The first-order chi connectivity index (χ1) is 15.6. The summed E-state index contributed by atoms with van der Waals surface area (Å²) < 4.78 is 1.91. The molecule has 2 aromatic heterocycles. The first-order valence-electron chi connectivity index (χ1n) is 9.81. The summed E-state index contributed by atoms with van der Waals surface area (Å²) >= 11 is 1.29. The Morgan fingerprint density at radius 1 is 0.969 bits per heavy atom. The highest BCUT2D eigenvalue weighted by Crippen LogP contribution is 2.27. The summed E-state index contributed by atoms with van der Waals surface area (Å²) in [4.78, 5) is 27.7. The van der Waals surface area contributed by atoms with Crippen molar-refractivity contribution < 1.29 is 9.59 Å². The molecule has 0 aliphatic carbocycles. The molecule has 2 heterocycles. The molecule has 4 aromatic rings. The van der Waals surface area contributed by atoms with Crippen LogP contribution in [0.5, 0.6) is 0 Å². The van der Waals surface area contributed by atoms with Crippen molar-refractivity contribution in [3.63, 3.8) is 0 Å². The van der Waals surface area contributed by atoms with Crippen LogP contribution in [0.25, 0.3) is 17.1 Å². The average Bonchev–Trinajstić information content (AvgIpc) is 3.24. The molecular formula is C23H20N6O2S. The number of amides is 2. The molecule has 0 atom stereocenters. The van der Waals surface area contributed by atoms with Crippen LogP contribution in [-0.2, 0) is 16.0 Å². The van der Waals surface area contributed by atoms with Gasteiger partial charge in [0.1, 0.15) is 0 Å². The van der Waals surface area contributed by atoms with Gasteiger partial charge in [0.05, 0.1) is 12.2 Å². The number of pyridine rings is 1. The van der Waals surface area contributed by atoms with E-state index < -0.39 is 5.91 Å². The number of primary amides is 1. The molecule has 0 aliphatic heterocycles. The zero-order valence-electron chi connectivity index (χ0n) is 17.0. The first kappa shape index (κ1) is 21.3. The molecule has 0 saturated carbocycles. The molecule has 0 radical (unpaired) electrons. The minimum atomic E-state index is -0.397. The van der Waals surface area contributed by atoms with Crippen molar-refractivity contribution in [2.24, 2.45) is 5.73 Å². The van der Waals surface area contributed by atoms with Crippen molar-refractivity contribution in [2.45, 2.75) is 11.6 Å². The van der Waals surface area contributed by atoms with Gasteiger partial charge in [-0.15, -0.1) is 10.2 Å². The maximum Gasteiger partial charge on any atom is 0.234 e. The topological polar surface area (TPSA) is 116 Å². The Balaban J connectivity index is 1.49. The molecule has 160 valence electrons. The third kappa shape index (κ3) is 5.19. The molecule has 0 unspecified atom stereocenters. The number of carbonyl (C=O) groups excluding carboxylic acids is 2. The molecular weight excluding hydrogens is 424 g/mol. The average molecular weight is 445 g/mol. The van der Waals surface area contributed by atoms with Gasteiger partial charge in [0.2, 0.25) is 11.8 Å². The van der Waals surface area contributed by atoms with E-state index in [1.807, 2.05) is 47.0 Å². The van der Waals surface area contributed by atoms with Crippen molar-refractivity contribution in [1.29, 1.82) is 0 Å². The highest BCUT2D eigenvalue weighted by atomic mass is 32.2. The number of thioether (sulfide) groups is 1. The van der Waals surface area contributed by atoms with Crippen LogP contribution >= 0.6 is 11.8 Å². The summed E-state index contributed by atoms with van der Waals surface area (Å²) in [5.74, 6) is 0.230. The van der Waals surface area contributed by atoms with Crippen LogP contribution in [0, 0.1) is 0 Å². The number of para-hydroxylation sites is 1. The smallest absolute Gasteiger partial charge is 0.234 e. The molecule has 0 fully saturated rings. The number of nitrogens with one attached hydrogen (secondary N) is 1. The quantitative estimate of drug-likeness (QED) is 0.404. The van der Waals surface area contributed by atoms with Crippen LogP contribution in [0.4, 0.5) is 5.69 Å². The number of rotatable bonds is 8. The lowest BCUT2D eigenvalue weighted by atomic mass is 10.1. The van der Waals surface area contributed by atoms with Gasteiger partial charge in [0.15, 0.2) is 11.0 Å². The van der Waals surface area contributed by atoms with Gasteiger partial charge in [-0.25, -0.2) is 0 Å². The van der Waals surface area contributed by atoms with E-state index in [0.29, 0.717) is 16.7 Å². The lowest BCUT2D eigenvalue weighted by molar-refractivity contribution is -0.117. The Kier molecular flexibility index (Phi) is 6.57. The van der Waals surface area contributed by atoms with E-state index in [9.17, 15) is 9.59 Å². The lowest BCUT2D eigenvalue weighted by Gasteiger charge is -2.10. The van der Waals surface area contributed by atoms with Crippen LogP contribution < -0.4 is 11.1 Å². The van der Waals surface area contributed by atoms with Gasteiger partial charge in [-0.05, 0) is 42.0 Å². The van der Waals surface area contributed by atoms with E-state index in [-0.39, 0.29) is 18.1 Å². The Morgan fingerprint density at radius 3 is 2.44 bits per heavy atom. The minimum absolute atomic E-state index is 0.154. The first-order valence-corrected chi connectivity index (χ1v) is 10.8. The van der Waals surface area contributed by atoms with Crippen molar-refractivity contribution in [3.05, 3.63) is 84.7 Å². The van der Waals surface area contributed by atoms with Crippen molar-refractivity contribution in [1.82, 2.24) is 19.7 Å². The van der Waals surface area contributed by atoms with Gasteiger partial charge >= 0.3 is 0 Å². The molecule has 32 heavy (non-hydrogen) atoms.